The van der Waals surface area contributed by atoms with Gasteiger partial charge in [-0.05, 0) is 53.0 Å². The summed E-state index contributed by atoms with van der Waals surface area (Å²) in [6.07, 6.45) is -2.86. The van der Waals surface area contributed by atoms with Gasteiger partial charge in [-0.15, -0.1) is 11.3 Å². The van der Waals surface area contributed by atoms with E-state index in [9.17, 15) is 18.0 Å². The second kappa shape index (κ2) is 7.50. The smallest absolute Gasteiger partial charge is 0.407 e. The van der Waals surface area contributed by atoms with Crippen LogP contribution in [0.15, 0.2) is 6.07 Å². The van der Waals surface area contributed by atoms with Gasteiger partial charge in [0.25, 0.3) is 0 Å². The highest BCUT2D eigenvalue weighted by atomic mass is 32.1. The molecule has 2 fully saturated rings. The van der Waals surface area contributed by atoms with Crippen molar-refractivity contribution >= 4 is 33.5 Å². The summed E-state index contributed by atoms with van der Waals surface area (Å²) in [6, 6.07) is 1.65. The molecule has 1 aliphatic heterocycles. The van der Waals surface area contributed by atoms with Crippen molar-refractivity contribution in [2.75, 3.05) is 18.0 Å². The van der Waals surface area contributed by atoms with Gasteiger partial charge in [0.2, 0.25) is 0 Å². The van der Waals surface area contributed by atoms with Crippen LogP contribution in [0.5, 0.6) is 0 Å². The van der Waals surface area contributed by atoms with E-state index in [0.29, 0.717) is 21.9 Å². The predicted octanol–water partition coefficient (Wildman–Crippen LogP) is 4.99. The number of alkyl carbamates (subject to hydrolysis) is 1. The summed E-state index contributed by atoms with van der Waals surface area (Å²) >= 11 is 1.08. The number of aromatic nitrogens is 2. The zero-order chi connectivity index (χ0) is 22.6. The Kier molecular flexibility index (Phi) is 5.34. The van der Waals surface area contributed by atoms with Gasteiger partial charge in [0, 0.05) is 29.4 Å². The van der Waals surface area contributed by atoms with Gasteiger partial charge in [-0.3, -0.25) is 0 Å². The van der Waals surface area contributed by atoms with Gasteiger partial charge in [-0.1, -0.05) is 0 Å². The van der Waals surface area contributed by atoms with E-state index in [1.165, 1.54) is 0 Å². The molecule has 31 heavy (non-hydrogen) atoms. The summed E-state index contributed by atoms with van der Waals surface area (Å²) in [5.41, 5.74) is -0.439. The summed E-state index contributed by atoms with van der Waals surface area (Å²) in [4.78, 5) is 23.9. The van der Waals surface area contributed by atoms with Gasteiger partial charge < -0.3 is 15.0 Å². The van der Waals surface area contributed by atoms with Crippen molar-refractivity contribution in [1.82, 2.24) is 15.3 Å². The number of halogens is 3. The first kappa shape index (κ1) is 22.1. The monoisotopic (exact) mass is 456 g/mol. The molecule has 1 unspecified atom stereocenters. The summed E-state index contributed by atoms with van der Waals surface area (Å²) in [5.74, 6) is 1.26. The second-order valence-corrected chi connectivity index (χ2v) is 10.9. The maximum absolute atomic E-state index is 12.8. The summed E-state index contributed by atoms with van der Waals surface area (Å²) in [5, 5.41) is 3.65. The van der Waals surface area contributed by atoms with Crippen LogP contribution in [0.25, 0.3) is 10.2 Å². The van der Waals surface area contributed by atoms with E-state index in [-0.39, 0.29) is 16.3 Å². The lowest BCUT2D eigenvalue weighted by Crippen LogP contribution is -2.56. The van der Waals surface area contributed by atoms with Crippen molar-refractivity contribution in [2.24, 2.45) is 5.41 Å². The minimum atomic E-state index is -4.25. The van der Waals surface area contributed by atoms with Crippen LogP contribution in [0.4, 0.5) is 23.8 Å². The molecule has 2 aromatic heterocycles. The van der Waals surface area contributed by atoms with E-state index in [1.54, 1.807) is 13.0 Å². The average Bonchev–Trinajstić information content (AvgIpc) is 3.12. The standard InChI is InChI=1S/C21H27F3N4O2S/c1-12-25-16(15-7-14(9-21(22,23)24)31-17(15)26-12)28-10-20(11-28)6-5-13(8-20)27-18(29)30-19(2,3)4/h7,13H,5-6,8-11H2,1-4H3,(H,27,29). The van der Waals surface area contributed by atoms with E-state index in [4.69, 9.17) is 4.74 Å². The number of rotatable bonds is 3. The number of carbonyl (C=O) groups is 1. The Bertz CT molecular complexity index is 993. The van der Waals surface area contributed by atoms with Crippen molar-refractivity contribution < 1.29 is 22.7 Å². The number of carbonyl (C=O) groups excluding carboxylic acids is 1. The van der Waals surface area contributed by atoms with E-state index in [0.717, 1.165) is 43.7 Å². The molecule has 6 nitrogen and oxygen atoms in total. The number of thiophene rings is 1. The molecule has 170 valence electrons. The molecule has 1 spiro atoms. The third-order valence-electron chi connectivity index (χ3n) is 5.69. The number of ether oxygens (including phenoxy) is 1. The highest BCUT2D eigenvalue weighted by molar-refractivity contribution is 7.18. The number of nitrogens with one attached hydrogen (secondary N) is 1. The molecular formula is C21H27F3N4O2S. The van der Waals surface area contributed by atoms with Crippen LogP contribution in [0, 0.1) is 12.3 Å². The number of anilines is 1. The Labute approximate surface area is 183 Å². The molecule has 1 amide bonds. The Balaban J connectivity index is 1.43. The van der Waals surface area contributed by atoms with Crippen LogP contribution in [0.3, 0.4) is 0 Å². The fourth-order valence-corrected chi connectivity index (χ4v) is 5.69. The fraction of sp³-hybridized carbons (Fsp3) is 0.667. The lowest BCUT2D eigenvalue weighted by Gasteiger charge is -2.49. The zero-order valence-corrected chi connectivity index (χ0v) is 18.9. The molecule has 1 atom stereocenters. The third-order valence-corrected chi connectivity index (χ3v) is 6.71. The van der Waals surface area contributed by atoms with E-state index < -0.39 is 24.3 Å². The van der Waals surface area contributed by atoms with Crippen molar-refractivity contribution in [3.05, 3.63) is 16.8 Å². The van der Waals surface area contributed by atoms with Crippen molar-refractivity contribution in [3.63, 3.8) is 0 Å². The van der Waals surface area contributed by atoms with Crippen molar-refractivity contribution in [2.45, 2.75) is 71.2 Å². The summed E-state index contributed by atoms with van der Waals surface area (Å²) in [7, 11) is 0. The van der Waals surface area contributed by atoms with Gasteiger partial charge in [-0.25, -0.2) is 14.8 Å². The number of nitrogens with zero attached hydrogens (tertiary/aromatic N) is 3. The second-order valence-electron chi connectivity index (χ2n) is 9.76. The highest BCUT2D eigenvalue weighted by Crippen LogP contribution is 2.48. The molecule has 4 rings (SSSR count). The Morgan fingerprint density at radius 3 is 2.68 bits per heavy atom. The maximum Gasteiger partial charge on any atom is 0.407 e. The van der Waals surface area contributed by atoms with Crippen molar-refractivity contribution in [1.29, 1.82) is 0 Å². The number of aryl methyl sites for hydroxylation is 1. The zero-order valence-electron chi connectivity index (χ0n) is 18.1. The van der Waals surface area contributed by atoms with Gasteiger partial charge in [0.05, 0.1) is 11.8 Å². The molecule has 0 aromatic carbocycles. The van der Waals surface area contributed by atoms with Crippen LogP contribution >= 0.6 is 11.3 Å². The molecule has 1 aliphatic carbocycles. The molecule has 2 aliphatic rings. The summed E-state index contributed by atoms with van der Waals surface area (Å²) < 4.78 is 43.8. The molecule has 0 radical (unpaired) electrons. The van der Waals surface area contributed by atoms with Gasteiger partial charge in [-0.2, -0.15) is 13.2 Å². The highest BCUT2D eigenvalue weighted by Gasteiger charge is 2.49. The van der Waals surface area contributed by atoms with Crippen molar-refractivity contribution in [3.8, 4) is 0 Å². The molecule has 3 heterocycles. The third kappa shape index (κ3) is 5.05. The number of alkyl halides is 3. The number of amides is 1. The largest absolute Gasteiger partial charge is 0.444 e. The van der Waals surface area contributed by atoms with E-state index in [1.807, 2.05) is 20.8 Å². The molecular weight excluding hydrogens is 429 g/mol. The minimum Gasteiger partial charge on any atom is -0.444 e. The van der Waals surface area contributed by atoms with E-state index in [2.05, 4.69) is 20.2 Å². The molecule has 0 bridgehead atoms. The minimum absolute atomic E-state index is 0.0729. The molecule has 10 heteroatoms. The number of fused-ring (bicyclic) bond motifs is 1. The van der Waals surface area contributed by atoms with Crippen LogP contribution in [0.2, 0.25) is 0 Å². The molecule has 1 saturated carbocycles. The first-order valence-electron chi connectivity index (χ1n) is 10.4. The SMILES string of the molecule is Cc1nc(N2CC3(CCC(NC(=O)OC(C)(C)C)C3)C2)c2cc(CC(F)(F)F)sc2n1. The van der Waals surface area contributed by atoms with E-state index >= 15 is 0 Å². The quantitative estimate of drug-likeness (QED) is 0.705. The number of hydrogen-bond acceptors (Lipinski definition) is 6. The lowest BCUT2D eigenvalue weighted by atomic mass is 9.78. The fourth-order valence-electron chi connectivity index (χ4n) is 4.59. The first-order valence-corrected chi connectivity index (χ1v) is 11.2. The molecule has 2 aromatic rings. The Hall–Kier alpha value is -2.10. The van der Waals surface area contributed by atoms with Crippen LogP contribution in [-0.2, 0) is 11.2 Å². The first-order chi connectivity index (χ1) is 14.3. The molecule has 1 N–H and O–H groups in total. The number of hydrogen-bond donors (Lipinski definition) is 1. The maximum atomic E-state index is 12.8. The van der Waals surface area contributed by atoms with Crippen LogP contribution in [-0.4, -0.2) is 47.0 Å². The van der Waals surface area contributed by atoms with Gasteiger partial charge >= 0.3 is 12.3 Å². The van der Waals surface area contributed by atoms with Crippen LogP contribution in [0.1, 0.15) is 50.7 Å². The van der Waals surface area contributed by atoms with Gasteiger partial charge in [0.15, 0.2) is 0 Å². The topological polar surface area (TPSA) is 67.4 Å². The molecule has 1 saturated heterocycles. The average molecular weight is 457 g/mol. The van der Waals surface area contributed by atoms with Crippen LogP contribution < -0.4 is 10.2 Å². The van der Waals surface area contributed by atoms with Gasteiger partial charge in [0.1, 0.15) is 22.1 Å². The summed E-state index contributed by atoms with van der Waals surface area (Å²) in [6.45, 7) is 8.81. The Morgan fingerprint density at radius 1 is 1.32 bits per heavy atom. The predicted molar refractivity (Wildman–Crippen MR) is 114 cm³/mol. The lowest BCUT2D eigenvalue weighted by molar-refractivity contribution is -0.126. The normalized spacial score (nSPS) is 20.9. The Morgan fingerprint density at radius 2 is 2.03 bits per heavy atom.